The van der Waals surface area contributed by atoms with Crippen LogP contribution < -0.4 is 9.47 Å². The quantitative estimate of drug-likeness (QED) is 0.805. The Balaban J connectivity index is 1.98. The van der Waals surface area contributed by atoms with E-state index in [9.17, 15) is 4.79 Å². The molecule has 0 N–H and O–H groups in total. The van der Waals surface area contributed by atoms with Crippen molar-refractivity contribution < 1.29 is 14.3 Å². The van der Waals surface area contributed by atoms with Gasteiger partial charge in [-0.05, 0) is 37.5 Å². The molecular weight excluding hydrogens is 228 g/mol. The van der Waals surface area contributed by atoms with Crippen LogP contribution in [0.25, 0.3) is 0 Å². The van der Waals surface area contributed by atoms with Crippen LogP contribution in [0.15, 0.2) is 18.2 Å². The molecule has 3 heteroatoms. The van der Waals surface area contributed by atoms with E-state index in [-0.39, 0.29) is 11.2 Å². The van der Waals surface area contributed by atoms with E-state index in [4.69, 9.17) is 9.47 Å². The highest BCUT2D eigenvalue weighted by atomic mass is 16.5. The Bertz CT molecular complexity index is 475. The van der Waals surface area contributed by atoms with Crippen molar-refractivity contribution in [1.29, 1.82) is 0 Å². The minimum atomic E-state index is -0.259. The topological polar surface area (TPSA) is 35.5 Å². The van der Waals surface area contributed by atoms with Crippen LogP contribution in [0.2, 0.25) is 0 Å². The summed E-state index contributed by atoms with van der Waals surface area (Å²) in [5.74, 6) is 1.86. The van der Waals surface area contributed by atoms with Crippen molar-refractivity contribution in [3.8, 4) is 11.5 Å². The summed E-state index contributed by atoms with van der Waals surface area (Å²) < 4.78 is 11.3. The smallest absolute Gasteiger partial charge is 0.161 e. The Hall–Kier alpha value is -1.51. The van der Waals surface area contributed by atoms with Crippen molar-refractivity contribution in [1.82, 2.24) is 0 Å². The van der Waals surface area contributed by atoms with Gasteiger partial charge in [0.15, 0.2) is 11.5 Å². The number of hydrogen-bond donors (Lipinski definition) is 0. The van der Waals surface area contributed by atoms with Crippen molar-refractivity contribution in [2.75, 3.05) is 13.2 Å². The molecule has 1 saturated carbocycles. The number of benzene rings is 1. The third-order valence-corrected chi connectivity index (χ3v) is 4.18. The Morgan fingerprint density at radius 1 is 1.11 bits per heavy atom. The van der Waals surface area contributed by atoms with E-state index in [1.807, 2.05) is 18.2 Å². The van der Waals surface area contributed by atoms with Crippen LogP contribution in [0.5, 0.6) is 11.5 Å². The number of carbonyl (C=O) groups excluding carboxylic acids is 1. The molecule has 0 atom stereocenters. The first-order chi connectivity index (χ1) is 8.72. The van der Waals surface area contributed by atoms with Gasteiger partial charge in [0.25, 0.3) is 0 Å². The average Bonchev–Trinajstić information content (AvgIpc) is 2.51. The molecule has 96 valence electrons. The maximum Gasteiger partial charge on any atom is 0.161 e. The van der Waals surface area contributed by atoms with Gasteiger partial charge in [-0.2, -0.15) is 0 Å². The minimum Gasteiger partial charge on any atom is -0.490 e. The fourth-order valence-corrected chi connectivity index (χ4v) is 2.84. The molecule has 1 aliphatic carbocycles. The lowest BCUT2D eigenvalue weighted by Gasteiger charge is -2.40. The van der Waals surface area contributed by atoms with Crippen molar-refractivity contribution >= 4 is 5.78 Å². The summed E-state index contributed by atoms with van der Waals surface area (Å²) in [7, 11) is 0. The zero-order chi connectivity index (χ0) is 12.6. The normalized spacial score (nSPS) is 20.7. The second-order valence-electron chi connectivity index (χ2n) is 5.20. The van der Waals surface area contributed by atoms with Gasteiger partial charge in [0.1, 0.15) is 5.78 Å². The maximum atomic E-state index is 11.9. The predicted molar refractivity (Wildman–Crippen MR) is 68.3 cm³/mol. The summed E-state index contributed by atoms with van der Waals surface area (Å²) in [4.78, 5) is 11.9. The molecule has 2 aliphatic rings. The van der Waals surface area contributed by atoms with Crippen LogP contribution in [-0.4, -0.2) is 19.0 Å². The standard InChI is InChI=1S/C15H18O3/c1-11(16)15(6-2-7-15)12-4-5-13-14(10-12)18-9-3-8-17-13/h4-5,10H,2-3,6-9H2,1H3. The van der Waals surface area contributed by atoms with Crippen LogP contribution >= 0.6 is 0 Å². The fourth-order valence-electron chi connectivity index (χ4n) is 2.84. The summed E-state index contributed by atoms with van der Waals surface area (Å²) in [6.07, 6.45) is 3.96. The van der Waals surface area contributed by atoms with E-state index in [1.165, 1.54) is 0 Å². The number of ketones is 1. The lowest BCUT2D eigenvalue weighted by Crippen LogP contribution is -2.40. The van der Waals surface area contributed by atoms with Gasteiger partial charge < -0.3 is 9.47 Å². The maximum absolute atomic E-state index is 11.9. The van der Waals surface area contributed by atoms with Gasteiger partial charge in [0.05, 0.1) is 18.6 Å². The highest BCUT2D eigenvalue weighted by molar-refractivity contribution is 5.89. The molecule has 1 fully saturated rings. The molecule has 1 aliphatic heterocycles. The van der Waals surface area contributed by atoms with Gasteiger partial charge in [-0.3, -0.25) is 4.79 Å². The van der Waals surface area contributed by atoms with Crippen LogP contribution in [0.3, 0.4) is 0 Å². The summed E-state index contributed by atoms with van der Waals surface area (Å²) in [5, 5.41) is 0. The first kappa shape index (κ1) is 11.6. The van der Waals surface area contributed by atoms with Gasteiger partial charge in [-0.25, -0.2) is 0 Å². The zero-order valence-electron chi connectivity index (χ0n) is 10.7. The van der Waals surface area contributed by atoms with Crippen LogP contribution in [0, 0.1) is 0 Å². The monoisotopic (exact) mass is 246 g/mol. The third-order valence-electron chi connectivity index (χ3n) is 4.18. The summed E-state index contributed by atoms with van der Waals surface area (Å²) in [6.45, 7) is 3.08. The van der Waals surface area contributed by atoms with Crippen LogP contribution in [0.1, 0.15) is 38.2 Å². The molecule has 1 heterocycles. The zero-order valence-corrected chi connectivity index (χ0v) is 10.7. The van der Waals surface area contributed by atoms with Crippen molar-refractivity contribution in [2.24, 2.45) is 0 Å². The van der Waals surface area contributed by atoms with Crippen LogP contribution in [0.4, 0.5) is 0 Å². The van der Waals surface area contributed by atoms with E-state index in [2.05, 4.69) is 0 Å². The fraction of sp³-hybridized carbons (Fsp3) is 0.533. The first-order valence-electron chi connectivity index (χ1n) is 6.63. The van der Waals surface area contributed by atoms with Gasteiger partial charge in [0, 0.05) is 6.42 Å². The molecule has 0 unspecified atom stereocenters. The largest absolute Gasteiger partial charge is 0.490 e. The van der Waals surface area contributed by atoms with Crippen molar-refractivity contribution in [2.45, 2.75) is 38.0 Å². The Kier molecular flexibility index (Phi) is 2.77. The summed E-state index contributed by atoms with van der Waals surface area (Å²) in [6, 6.07) is 5.97. The van der Waals surface area contributed by atoms with Crippen LogP contribution in [-0.2, 0) is 10.2 Å². The van der Waals surface area contributed by atoms with E-state index >= 15 is 0 Å². The number of rotatable bonds is 2. The summed E-state index contributed by atoms with van der Waals surface area (Å²) >= 11 is 0. The molecule has 0 spiro atoms. The molecule has 3 rings (SSSR count). The molecule has 0 saturated heterocycles. The lowest BCUT2D eigenvalue weighted by molar-refractivity contribution is -0.125. The Morgan fingerprint density at radius 2 is 1.83 bits per heavy atom. The molecule has 1 aromatic rings. The Morgan fingerprint density at radius 3 is 2.44 bits per heavy atom. The lowest BCUT2D eigenvalue weighted by atomic mass is 9.62. The molecule has 0 bridgehead atoms. The molecule has 0 radical (unpaired) electrons. The van der Waals surface area contributed by atoms with E-state index in [0.717, 1.165) is 42.7 Å². The Labute approximate surface area is 107 Å². The molecular formula is C15H18O3. The molecule has 1 aromatic carbocycles. The average molecular weight is 246 g/mol. The van der Waals surface area contributed by atoms with Crippen molar-refractivity contribution in [3.63, 3.8) is 0 Å². The van der Waals surface area contributed by atoms with E-state index in [0.29, 0.717) is 13.2 Å². The number of Topliss-reactive ketones (excluding diaryl/α,β-unsaturated/α-hetero) is 1. The van der Waals surface area contributed by atoms with E-state index in [1.54, 1.807) is 6.92 Å². The predicted octanol–water partition coefficient (Wildman–Crippen LogP) is 2.86. The first-order valence-corrected chi connectivity index (χ1v) is 6.63. The number of carbonyl (C=O) groups is 1. The molecule has 0 amide bonds. The van der Waals surface area contributed by atoms with Crippen molar-refractivity contribution in [3.05, 3.63) is 23.8 Å². The molecule has 3 nitrogen and oxygen atoms in total. The van der Waals surface area contributed by atoms with E-state index < -0.39 is 0 Å². The molecule has 18 heavy (non-hydrogen) atoms. The number of hydrogen-bond acceptors (Lipinski definition) is 3. The highest BCUT2D eigenvalue weighted by Crippen LogP contribution is 2.46. The second kappa shape index (κ2) is 4.30. The van der Waals surface area contributed by atoms with Gasteiger partial charge in [-0.15, -0.1) is 0 Å². The number of ether oxygens (including phenoxy) is 2. The van der Waals surface area contributed by atoms with Gasteiger partial charge >= 0.3 is 0 Å². The number of fused-ring (bicyclic) bond motifs is 1. The van der Waals surface area contributed by atoms with Gasteiger partial charge in [0.2, 0.25) is 0 Å². The highest BCUT2D eigenvalue weighted by Gasteiger charge is 2.43. The molecule has 0 aromatic heterocycles. The second-order valence-corrected chi connectivity index (χ2v) is 5.20. The minimum absolute atomic E-state index is 0.259. The third kappa shape index (κ3) is 1.69. The van der Waals surface area contributed by atoms with Gasteiger partial charge in [-0.1, -0.05) is 12.5 Å². The SMILES string of the molecule is CC(=O)C1(c2ccc3c(c2)OCCCO3)CCC1. The summed E-state index contributed by atoms with van der Waals surface area (Å²) in [5.41, 5.74) is 0.829.